The lowest BCUT2D eigenvalue weighted by Gasteiger charge is -2.41. The molecule has 3 heterocycles. The summed E-state index contributed by atoms with van der Waals surface area (Å²) in [6.07, 6.45) is 5.77. The Labute approximate surface area is 208 Å². The van der Waals surface area contributed by atoms with Gasteiger partial charge in [0.25, 0.3) is 0 Å². The molecule has 0 spiro atoms. The molecule has 0 bridgehead atoms. The number of nitrogens with zero attached hydrogens (tertiary/aromatic N) is 4. The van der Waals surface area contributed by atoms with Crippen LogP contribution in [0.15, 0.2) is 67.1 Å². The number of anilines is 1. The van der Waals surface area contributed by atoms with Crippen molar-refractivity contribution in [2.75, 3.05) is 18.0 Å². The second kappa shape index (κ2) is 10.2. The summed E-state index contributed by atoms with van der Waals surface area (Å²) in [7, 11) is 0. The number of hydrogen-bond donors (Lipinski definition) is 2. The van der Waals surface area contributed by atoms with Crippen LogP contribution in [-0.4, -0.2) is 44.9 Å². The van der Waals surface area contributed by atoms with Gasteiger partial charge in [-0.3, -0.25) is 0 Å². The summed E-state index contributed by atoms with van der Waals surface area (Å²) in [5.41, 5.74) is 6.10. The van der Waals surface area contributed by atoms with Gasteiger partial charge in [0.2, 0.25) is 0 Å². The van der Waals surface area contributed by atoms with E-state index in [1.165, 1.54) is 5.69 Å². The first-order valence-corrected chi connectivity index (χ1v) is 12.6. The van der Waals surface area contributed by atoms with Crippen LogP contribution in [0.25, 0.3) is 27.9 Å². The monoisotopic (exact) mass is 471 g/mol. The molecule has 35 heavy (non-hydrogen) atoms. The molecule has 1 fully saturated rings. The first kappa shape index (κ1) is 24.9. The quantitative estimate of drug-likeness (QED) is 0.411. The Kier molecular flexibility index (Phi) is 7.24. The van der Waals surface area contributed by atoms with Crippen LogP contribution in [0, 0.1) is 0 Å². The molecule has 1 aliphatic rings. The minimum atomic E-state index is -0.897. The molecule has 0 saturated carbocycles. The summed E-state index contributed by atoms with van der Waals surface area (Å²) in [6.45, 7) is 14.1. The van der Waals surface area contributed by atoms with E-state index in [0.717, 1.165) is 46.6 Å². The van der Waals surface area contributed by atoms with Crippen molar-refractivity contribution in [2.24, 2.45) is 0 Å². The van der Waals surface area contributed by atoms with Gasteiger partial charge in [-0.2, -0.15) is 5.10 Å². The van der Waals surface area contributed by atoms with Gasteiger partial charge in [-0.1, -0.05) is 44.2 Å². The van der Waals surface area contributed by atoms with E-state index in [0.29, 0.717) is 12.1 Å². The lowest BCUT2D eigenvalue weighted by Crippen LogP contribution is -2.55. The summed E-state index contributed by atoms with van der Waals surface area (Å²) < 4.78 is 1.83. The Morgan fingerprint density at radius 1 is 0.914 bits per heavy atom. The van der Waals surface area contributed by atoms with Crippen molar-refractivity contribution in [1.82, 2.24) is 19.9 Å². The molecule has 6 heteroatoms. The van der Waals surface area contributed by atoms with Crippen LogP contribution >= 0.6 is 0 Å². The number of rotatable bonds is 4. The van der Waals surface area contributed by atoms with E-state index in [4.69, 9.17) is 4.98 Å². The molecule has 184 valence electrons. The third kappa shape index (κ3) is 5.09. The minimum Gasteiger partial charge on any atom is -0.386 e. The van der Waals surface area contributed by atoms with Crippen LogP contribution < -0.4 is 10.2 Å². The largest absolute Gasteiger partial charge is 0.386 e. The third-order valence-corrected chi connectivity index (χ3v) is 6.56. The zero-order valence-electron chi connectivity index (χ0n) is 21.7. The van der Waals surface area contributed by atoms with Crippen LogP contribution in [0.5, 0.6) is 0 Å². The average Bonchev–Trinajstić information content (AvgIpc) is 3.29. The van der Waals surface area contributed by atoms with Crippen molar-refractivity contribution in [1.29, 1.82) is 0 Å². The van der Waals surface area contributed by atoms with E-state index >= 15 is 0 Å². The van der Waals surface area contributed by atoms with Gasteiger partial charge in [0, 0.05) is 54.4 Å². The van der Waals surface area contributed by atoms with Crippen molar-refractivity contribution < 1.29 is 5.11 Å². The number of aliphatic hydroxyl groups is 1. The van der Waals surface area contributed by atoms with Gasteiger partial charge < -0.3 is 15.3 Å². The highest BCUT2D eigenvalue weighted by Crippen LogP contribution is 2.30. The molecule has 1 aliphatic heterocycles. The predicted molar refractivity (Wildman–Crippen MR) is 145 cm³/mol. The molecular formula is C29H37N5O. The SMILES string of the molecule is CC.CC1CNCC(C)N1c1ccc(-c2cnc3c(-c4cccc(C(C)(C)O)c4)cnn3c2)cc1. The molecule has 4 aromatic rings. The van der Waals surface area contributed by atoms with E-state index in [2.05, 4.69) is 53.4 Å². The van der Waals surface area contributed by atoms with Gasteiger partial charge in [-0.15, -0.1) is 0 Å². The Morgan fingerprint density at radius 2 is 1.60 bits per heavy atom. The Morgan fingerprint density at radius 3 is 2.26 bits per heavy atom. The highest BCUT2D eigenvalue weighted by atomic mass is 16.3. The summed E-state index contributed by atoms with van der Waals surface area (Å²) in [5, 5.41) is 18.4. The van der Waals surface area contributed by atoms with Gasteiger partial charge in [-0.05, 0) is 62.6 Å². The van der Waals surface area contributed by atoms with Crippen LogP contribution in [0.2, 0.25) is 0 Å². The minimum absolute atomic E-state index is 0.468. The van der Waals surface area contributed by atoms with Gasteiger partial charge in [0.15, 0.2) is 5.65 Å². The van der Waals surface area contributed by atoms with Gasteiger partial charge in [0.1, 0.15) is 0 Å². The fourth-order valence-corrected chi connectivity index (χ4v) is 4.76. The normalized spacial score (nSPS) is 18.3. The van der Waals surface area contributed by atoms with Crippen molar-refractivity contribution in [2.45, 2.75) is 59.2 Å². The molecule has 1 saturated heterocycles. The zero-order chi connectivity index (χ0) is 25.2. The number of hydrogen-bond acceptors (Lipinski definition) is 5. The number of piperazine rings is 1. The first-order valence-electron chi connectivity index (χ1n) is 12.6. The summed E-state index contributed by atoms with van der Waals surface area (Å²) >= 11 is 0. The molecule has 0 amide bonds. The smallest absolute Gasteiger partial charge is 0.162 e. The number of benzene rings is 2. The van der Waals surface area contributed by atoms with Crippen molar-refractivity contribution in [3.63, 3.8) is 0 Å². The van der Waals surface area contributed by atoms with Crippen molar-refractivity contribution in [3.8, 4) is 22.3 Å². The van der Waals surface area contributed by atoms with Crippen molar-refractivity contribution in [3.05, 3.63) is 72.7 Å². The summed E-state index contributed by atoms with van der Waals surface area (Å²) in [6, 6.07) is 17.6. The predicted octanol–water partition coefficient (Wildman–Crippen LogP) is 5.50. The molecule has 5 rings (SSSR count). The average molecular weight is 472 g/mol. The molecule has 2 aromatic heterocycles. The van der Waals surface area contributed by atoms with E-state index in [-0.39, 0.29) is 0 Å². The lowest BCUT2D eigenvalue weighted by atomic mass is 9.95. The molecule has 0 radical (unpaired) electrons. The summed E-state index contributed by atoms with van der Waals surface area (Å²) in [5.74, 6) is 0. The molecule has 6 nitrogen and oxygen atoms in total. The van der Waals surface area contributed by atoms with Gasteiger partial charge >= 0.3 is 0 Å². The second-order valence-electron chi connectivity index (χ2n) is 9.62. The number of aromatic nitrogens is 3. The fraction of sp³-hybridized carbons (Fsp3) is 0.379. The standard InChI is InChI=1S/C27H31N5O.C2H6/c1-18-13-28-14-19(2)32(18)24-10-8-20(9-11-24)22-15-29-26-25(16-30-31(26)17-22)21-6-5-7-23(12-21)27(3,4)33;1-2/h5-12,15-19,28,33H,13-14H2,1-4H3;1-2H3. The maximum Gasteiger partial charge on any atom is 0.162 e. The number of fused-ring (bicyclic) bond motifs is 1. The van der Waals surface area contributed by atoms with E-state index in [1.807, 2.05) is 61.2 Å². The van der Waals surface area contributed by atoms with Gasteiger partial charge in [0.05, 0.1) is 11.8 Å². The highest BCUT2D eigenvalue weighted by Gasteiger charge is 2.24. The Hall–Kier alpha value is -3.22. The fourth-order valence-electron chi connectivity index (χ4n) is 4.76. The van der Waals surface area contributed by atoms with E-state index in [9.17, 15) is 5.11 Å². The molecule has 2 unspecified atom stereocenters. The topological polar surface area (TPSA) is 65.7 Å². The molecule has 2 N–H and O–H groups in total. The van der Waals surface area contributed by atoms with Crippen LogP contribution in [0.3, 0.4) is 0 Å². The van der Waals surface area contributed by atoms with E-state index in [1.54, 1.807) is 13.8 Å². The lowest BCUT2D eigenvalue weighted by molar-refractivity contribution is 0.0786. The molecule has 0 aliphatic carbocycles. The summed E-state index contributed by atoms with van der Waals surface area (Å²) in [4.78, 5) is 7.23. The zero-order valence-corrected chi connectivity index (χ0v) is 21.7. The maximum atomic E-state index is 10.4. The van der Waals surface area contributed by atoms with Crippen LogP contribution in [0.4, 0.5) is 5.69 Å². The highest BCUT2D eigenvalue weighted by molar-refractivity contribution is 5.78. The van der Waals surface area contributed by atoms with Crippen molar-refractivity contribution >= 4 is 11.3 Å². The van der Waals surface area contributed by atoms with Crippen LogP contribution in [0.1, 0.15) is 47.1 Å². The third-order valence-electron chi connectivity index (χ3n) is 6.56. The van der Waals surface area contributed by atoms with Gasteiger partial charge in [-0.25, -0.2) is 9.50 Å². The maximum absolute atomic E-state index is 10.4. The molecule has 2 aromatic carbocycles. The first-order chi connectivity index (χ1) is 16.8. The Bertz CT molecular complexity index is 1260. The molecular weight excluding hydrogens is 434 g/mol. The Balaban J connectivity index is 0.00000141. The van der Waals surface area contributed by atoms with E-state index < -0.39 is 5.60 Å². The molecule has 2 atom stereocenters. The number of nitrogens with one attached hydrogen (secondary N) is 1. The second-order valence-corrected chi connectivity index (χ2v) is 9.62. The van der Waals surface area contributed by atoms with Crippen LogP contribution in [-0.2, 0) is 5.60 Å².